The molecule has 0 nitrogen and oxygen atoms in total. The second-order valence-corrected chi connectivity index (χ2v) is 17.5. The normalized spacial score (nSPS) is 13.2. The molecule has 12 rings (SSSR count). The van der Waals surface area contributed by atoms with Crippen LogP contribution < -0.4 is 0 Å². The lowest BCUT2D eigenvalue weighted by molar-refractivity contribution is 0.381. The van der Waals surface area contributed by atoms with Crippen LogP contribution in [-0.2, 0) is 5.41 Å². The first-order chi connectivity index (χ1) is 32.2. The maximum Gasteiger partial charge on any atom is 0.200 e. The first-order valence-electron chi connectivity index (χ1n) is 21.2. The summed E-state index contributed by atoms with van der Waals surface area (Å²) in [5.74, 6) is -20.4. The van der Waals surface area contributed by atoms with Crippen molar-refractivity contribution in [2.45, 2.75) is 19.3 Å². The van der Waals surface area contributed by atoms with Crippen molar-refractivity contribution >= 4 is 64.6 Å². The lowest BCUT2D eigenvalue weighted by atomic mass is 9.78. The summed E-state index contributed by atoms with van der Waals surface area (Å²) in [6, 6.07) is 39.2. The largest absolute Gasteiger partial charge is 0.203 e. The highest BCUT2D eigenvalue weighted by atomic mass is 19.2. The summed E-state index contributed by atoms with van der Waals surface area (Å²) in [4.78, 5) is 0. The average molecular weight is 903 g/mol. The molecule has 1 aliphatic rings. The fourth-order valence-electron chi connectivity index (χ4n) is 10.8. The van der Waals surface area contributed by atoms with Gasteiger partial charge in [0.15, 0.2) is 46.5 Å². The molecule has 0 radical (unpaired) electrons. The van der Waals surface area contributed by atoms with Crippen molar-refractivity contribution in [1.29, 1.82) is 0 Å². The van der Waals surface area contributed by atoms with Gasteiger partial charge in [-0.2, -0.15) is 0 Å². The van der Waals surface area contributed by atoms with Crippen LogP contribution in [0.25, 0.3) is 109 Å². The SMILES string of the molecule is CC1(C)c2cc(-c3c4ccccc4c(-c4c(F)c(F)c(F)c(F)c4F)c4ccccc34)cc3ccc4cc(-c5c6ccccc6c(-c6c(F)c(F)c(F)c(F)c6F)c6ccccc56)cc1c4c23. The second kappa shape index (κ2) is 14.1. The minimum Gasteiger partial charge on any atom is -0.203 e. The van der Waals surface area contributed by atoms with Gasteiger partial charge in [-0.3, -0.25) is 0 Å². The summed E-state index contributed by atoms with van der Waals surface area (Å²) < 4.78 is 151. The van der Waals surface area contributed by atoms with E-state index < -0.39 is 74.7 Å². The third-order valence-electron chi connectivity index (χ3n) is 13.7. The Labute approximate surface area is 373 Å². The van der Waals surface area contributed by atoms with Gasteiger partial charge in [-0.05, 0) is 122 Å². The molecule has 11 aromatic carbocycles. The molecule has 0 aromatic heterocycles. The summed E-state index contributed by atoms with van der Waals surface area (Å²) in [6.07, 6.45) is 0. The molecule has 0 saturated carbocycles. The number of fused-ring (bicyclic) bond motifs is 4. The zero-order chi connectivity index (χ0) is 46.5. The molecule has 0 aliphatic heterocycles. The lowest BCUT2D eigenvalue weighted by Crippen LogP contribution is -2.15. The molecule has 0 heterocycles. The van der Waals surface area contributed by atoms with Gasteiger partial charge in [0.25, 0.3) is 0 Å². The van der Waals surface area contributed by atoms with E-state index in [1.54, 1.807) is 97.1 Å². The van der Waals surface area contributed by atoms with E-state index in [2.05, 4.69) is 26.0 Å². The minimum atomic E-state index is -2.24. The minimum absolute atomic E-state index is 0.129. The summed E-state index contributed by atoms with van der Waals surface area (Å²) in [5.41, 5.74) is 1.84. The molecule has 0 fully saturated rings. The van der Waals surface area contributed by atoms with E-state index >= 15 is 17.6 Å². The van der Waals surface area contributed by atoms with Gasteiger partial charge in [0.05, 0.1) is 11.1 Å². The van der Waals surface area contributed by atoms with Gasteiger partial charge in [0.1, 0.15) is 0 Å². The Kier molecular flexibility index (Phi) is 8.60. The maximum absolute atomic E-state index is 15.7. The highest BCUT2D eigenvalue weighted by Crippen LogP contribution is 2.55. The Morgan fingerprint density at radius 3 is 0.776 bits per heavy atom. The molecule has 0 bridgehead atoms. The van der Waals surface area contributed by atoms with Crippen molar-refractivity contribution in [3.05, 3.63) is 203 Å². The van der Waals surface area contributed by atoms with Crippen LogP contribution in [0, 0.1) is 58.2 Å². The lowest BCUT2D eigenvalue weighted by Gasteiger charge is -2.25. The molecule has 10 heteroatoms. The zero-order valence-corrected chi connectivity index (χ0v) is 35.0. The average Bonchev–Trinajstić information content (AvgIpc) is 3.58. The van der Waals surface area contributed by atoms with Crippen LogP contribution in [0.4, 0.5) is 43.9 Å². The molecule has 11 aromatic rings. The molecule has 0 unspecified atom stereocenters. The molecular formula is C57H28F10. The van der Waals surface area contributed by atoms with Crippen LogP contribution in [0.2, 0.25) is 0 Å². The number of rotatable bonds is 4. The summed E-state index contributed by atoms with van der Waals surface area (Å²) in [6.45, 7) is 4.18. The summed E-state index contributed by atoms with van der Waals surface area (Å²) in [5, 5.41) is 6.99. The number of hydrogen-bond donors (Lipinski definition) is 0. The van der Waals surface area contributed by atoms with Gasteiger partial charge < -0.3 is 0 Å². The fourth-order valence-corrected chi connectivity index (χ4v) is 10.8. The maximum atomic E-state index is 15.7. The Balaban J connectivity index is 1.10. The Morgan fingerprint density at radius 2 is 0.507 bits per heavy atom. The highest BCUT2D eigenvalue weighted by molar-refractivity contribution is 6.25. The molecule has 326 valence electrons. The number of halogens is 10. The predicted molar refractivity (Wildman–Crippen MR) is 245 cm³/mol. The third kappa shape index (κ3) is 5.38. The smallest absolute Gasteiger partial charge is 0.200 e. The predicted octanol–water partition coefficient (Wildman–Crippen LogP) is 17.3. The first-order valence-corrected chi connectivity index (χ1v) is 21.2. The van der Waals surface area contributed by atoms with Crippen molar-refractivity contribution in [3.8, 4) is 44.5 Å². The molecule has 67 heavy (non-hydrogen) atoms. The molecule has 0 amide bonds. The molecule has 0 N–H and O–H groups in total. The van der Waals surface area contributed by atoms with Crippen LogP contribution >= 0.6 is 0 Å². The highest BCUT2D eigenvalue weighted by Gasteiger charge is 2.37. The topological polar surface area (TPSA) is 0 Å². The van der Waals surface area contributed by atoms with E-state index in [4.69, 9.17) is 0 Å². The quantitative estimate of drug-likeness (QED) is 0.0543. The van der Waals surface area contributed by atoms with Crippen LogP contribution in [-0.4, -0.2) is 0 Å². The van der Waals surface area contributed by atoms with Gasteiger partial charge in [0, 0.05) is 16.5 Å². The van der Waals surface area contributed by atoms with Crippen molar-refractivity contribution < 1.29 is 43.9 Å². The van der Waals surface area contributed by atoms with Crippen molar-refractivity contribution in [2.75, 3.05) is 0 Å². The Morgan fingerprint density at radius 1 is 0.269 bits per heavy atom. The van der Waals surface area contributed by atoms with E-state index in [0.717, 1.165) is 43.8 Å². The molecule has 1 aliphatic carbocycles. The first kappa shape index (κ1) is 40.8. The third-order valence-corrected chi connectivity index (χ3v) is 13.7. The van der Waals surface area contributed by atoms with Gasteiger partial charge >= 0.3 is 0 Å². The van der Waals surface area contributed by atoms with Crippen molar-refractivity contribution in [1.82, 2.24) is 0 Å². The van der Waals surface area contributed by atoms with Gasteiger partial charge in [-0.15, -0.1) is 0 Å². The number of hydrogen-bond acceptors (Lipinski definition) is 0. The zero-order valence-electron chi connectivity index (χ0n) is 35.0. The van der Waals surface area contributed by atoms with E-state index in [1.807, 2.05) is 24.3 Å². The second-order valence-electron chi connectivity index (χ2n) is 17.5. The van der Waals surface area contributed by atoms with Gasteiger partial charge in [-0.1, -0.05) is 123 Å². The molecular weight excluding hydrogens is 875 g/mol. The van der Waals surface area contributed by atoms with Gasteiger partial charge in [0.2, 0.25) is 11.6 Å². The van der Waals surface area contributed by atoms with Crippen LogP contribution in [0.5, 0.6) is 0 Å². The van der Waals surface area contributed by atoms with Crippen LogP contribution in [0.1, 0.15) is 25.0 Å². The Hall–Kier alpha value is -7.72. The standard InChI is InChI=1S/C57H28F10/c1-57(2)37-23-27(39-29-11-3-7-15-33(29)43(34-16-8-4-12-30(34)39)45-47(58)51(62)55(66)52(63)48(45)59)21-25-19-20-26-22-28(24-38(57)42(26)41(25)37)40-31-13-5-9-17-35(31)44(36-18-10-6-14-32(36)40)46-49(60)53(64)56(67)54(65)50(46)61/h3-24H,1-2H3. The Bertz CT molecular complexity index is 3640. The summed E-state index contributed by atoms with van der Waals surface area (Å²) >= 11 is 0. The van der Waals surface area contributed by atoms with Crippen LogP contribution in [0.3, 0.4) is 0 Å². The van der Waals surface area contributed by atoms with Gasteiger partial charge in [-0.25, -0.2) is 43.9 Å². The monoisotopic (exact) mass is 902 g/mol. The van der Waals surface area contributed by atoms with Crippen LogP contribution in [0.15, 0.2) is 133 Å². The van der Waals surface area contributed by atoms with Crippen molar-refractivity contribution in [2.24, 2.45) is 0 Å². The van der Waals surface area contributed by atoms with E-state index in [0.29, 0.717) is 32.7 Å². The van der Waals surface area contributed by atoms with E-state index in [-0.39, 0.29) is 32.7 Å². The fraction of sp³-hybridized carbons (Fsp3) is 0.0526. The summed E-state index contributed by atoms with van der Waals surface area (Å²) in [7, 11) is 0. The molecule has 0 saturated heterocycles. The molecule has 0 spiro atoms. The van der Waals surface area contributed by atoms with E-state index in [1.165, 1.54) is 0 Å². The van der Waals surface area contributed by atoms with Crippen molar-refractivity contribution in [3.63, 3.8) is 0 Å². The van der Waals surface area contributed by atoms with E-state index in [9.17, 15) is 26.3 Å². The number of benzene rings is 11. The molecule has 0 atom stereocenters.